The predicted octanol–water partition coefficient (Wildman–Crippen LogP) is 4.81. The number of carbonyl (C=O) groups is 2. The third kappa shape index (κ3) is 4.87. The summed E-state index contributed by atoms with van der Waals surface area (Å²) in [6, 6.07) is 6.11. The Kier molecular flexibility index (Phi) is 7.36. The van der Waals surface area contributed by atoms with Gasteiger partial charge in [-0.05, 0) is 40.0 Å². The smallest absolute Gasteiger partial charge is 0.274 e. The number of aromatic nitrogens is 1. The second kappa shape index (κ2) is 10.4. The molecule has 2 amide bonds. The molecule has 0 saturated heterocycles. The number of ether oxygens (including phenoxy) is 1. The number of allylic oxidation sites excluding steroid dienone is 3. The number of carbonyl (C=O) groups excluding carboxylic acids is 2. The molecular formula is C26H27BrFN3O3. The van der Waals surface area contributed by atoms with E-state index in [9.17, 15) is 14.0 Å². The molecule has 6 nitrogen and oxygen atoms in total. The summed E-state index contributed by atoms with van der Waals surface area (Å²) in [5.74, 6) is -0.344. The number of nitrogens with zero attached hydrogens (tertiary/aromatic N) is 3. The Balaban J connectivity index is 1.68. The first-order valence-electron chi connectivity index (χ1n) is 11.2. The second-order valence-corrected chi connectivity index (χ2v) is 9.19. The van der Waals surface area contributed by atoms with Crippen LogP contribution in [-0.4, -0.2) is 52.9 Å². The van der Waals surface area contributed by atoms with Crippen LogP contribution in [0, 0.1) is 11.7 Å². The number of hydrogen-bond acceptors (Lipinski definition) is 3. The van der Waals surface area contributed by atoms with E-state index >= 15 is 0 Å². The molecule has 0 radical (unpaired) electrons. The fourth-order valence-electron chi connectivity index (χ4n) is 4.16. The first-order chi connectivity index (χ1) is 16.4. The highest BCUT2D eigenvalue weighted by atomic mass is 79.9. The number of halogens is 2. The fourth-order valence-corrected chi connectivity index (χ4v) is 4.87. The molecule has 1 aromatic carbocycles. The van der Waals surface area contributed by atoms with Crippen molar-refractivity contribution in [2.45, 2.75) is 19.5 Å². The number of benzene rings is 1. The van der Waals surface area contributed by atoms with Gasteiger partial charge in [0.15, 0.2) is 11.4 Å². The van der Waals surface area contributed by atoms with Gasteiger partial charge in [-0.1, -0.05) is 42.5 Å². The van der Waals surface area contributed by atoms with Crippen LogP contribution in [0.2, 0.25) is 0 Å². The van der Waals surface area contributed by atoms with Gasteiger partial charge in [-0.2, -0.15) is 0 Å². The van der Waals surface area contributed by atoms with Crippen LogP contribution >= 0.6 is 15.9 Å². The molecule has 4 rings (SSSR count). The summed E-state index contributed by atoms with van der Waals surface area (Å²) in [4.78, 5) is 30.2. The Morgan fingerprint density at radius 1 is 1.29 bits per heavy atom. The van der Waals surface area contributed by atoms with Crippen LogP contribution in [0.3, 0.4) is 0 Å². The zero-order valence-electron chi connectivity index (χ0n) is 19.0. The Bertz CT molecular complexity index is 1150. The summed E-state index contributed by atoms with van der Waals surface area (Å²) in [6.45, 7) is 5.74. The fraction of sp³-hybridized carbons (Fsp3) is 0.308. The van der Waals surface area contributed by atoms with Crippen LogP contribution in [0.5, 0.6) is 5.75 Å². The maximum Gasteiger partial charge on any atom is 0.274 e. The van der Waals surface area contributed by atoms with Gasteiger partial charge in [0, 0.05) is 39.1 Å². The molecule has 0 bridgehead atoms. The number of likely N-dealkylation sites (N-methyl/N-ethyl adjacent to an activating group) is 1. The lowest BCUT2D eigenvalue weighted by molar-refractivity contribution is 0.0683. The molecule has 0 fully saturated rings. The average molecular weight is 528 g/mol. The standard InChI is InChI=1S/C26H27BrFN3O3/c1-3-13-29(2)25(32)21-23(34-17-19-7-5-4-6-8-19)22-26(33)30(14-15-31(22)24(21)27)16-18-9-11-20(28)12-10-18/h3-7,9-12,19H,1,8,13-17H2,2H3. The van der Waals surface area contributed by atoms with E-state index < -0.39 is 0 Å². The van der Waals surface area contributed by atoms with Gasteiger partial charge < -0.3 is 19.1 Å². The lowest BCUT2D eigenvalue weighted by Gasteiger charge is -2.29. The van der Waals surface area contributed by atoms with Gasteiger partial charge in [-0.3, -0.25) is 9.59 Å². The molecule has 1 unspecified atom stereocenters. The van der Waals surface area contributed by atoms with Crippen LogP contribution in [-0.2, 0) is 13.1 Å². The van der Waals surface area contributed by atoms with Crippen molar-refractivity contribution >= 4 is 27.7 Å². The van der Waals surface area contributed by atoms with Gasteiger partial charge in [0.25, 0.3) is 11.8 Å². The molecule has 8 heteroatoms. The van der Waals surface area contributed by atoms with E-state index in [0.29, 0.717) is 54.4 Å². The summed E-state index contributed by atoms with van der Waals surface area (Å²) < 4.78 is 21.9. The highest BCUT2D eigenvalue weighted by molar-refractivity contribution is 9.10. The number of amides is 2. The lowest BCUT2D eigenvalue weighted by Crippen LogP contribution is -2.39. The maximum atomic E-state index is 13.6. The molecule has 1 aliphatic heterocycles. The first kappa shape index (κ1) is 24.0. The quantitative estimate of drug-likeness (QED) is 0.462. The van der Waals surface area contributed by atoms with Gasteiger partial charge in [-0.25, -0.2) is 4.39 Å². The third-order valence-electron chi connectivity index (χ3n) is 6.00. The molecule has 178 valence electrons. The van der Waals surface area contributed by atoms with E-state index in [0.717, 1.165) is 12.0 Å². The van der Waals surface area contributed by atoms with Gasteiger partial charge in [0.05, 0.1) is 6.61 Å². The Morgan fingerprint density at radius 3 is 2.74 bits per heavy atom. The van der Waals surface area contributed by atoms with Crippen molar-refractivity contribution in [3.63, 3.8) is 0 Å². The van der Waals surface area contributed by atoms with Crippen molar-refractivity contribution in [2.24, 2.45) is 5.92 Å². The molecule has 2 aliphatic rings. The SMILES string of the molecule is C=CCN(C)C(=O)c1c(OCC2C=CC=CC2)c2n(c1Br)CCN(Cc1ccc(F)cc1)C2=O. The van der Waals surface area contributed by atoms with Gasteiger partial charge >= 0.3 is 0 Å². The lowest BCUT2D eigenvalue weighted by atomic mass is 10.0. The molecule has 2 aromatic rings. The molecular weight excluding hydrogens is 501 g/mol. The van der Waals surface area contributed by atoms with E-state index in [1.807, 2.05) is 16.7 Å². The maximum absolute atomic E-state index is 13.6. The predicted molar refractivity (Wildman–Crippen MR) is 132 cm³/mol. The molecule has 34 heavy (non-hydrogen) atoms. The zero-order valence-corrected chi connectivity index (χ0v) is 20.6. The number of rotatable bonds is 8. The highest BCUT2D eigenvalue weighted by Gasteiger charge is 2.37. The van der Waals surface area contributed by atoms with E-state index in [2.05, 4.69) is 34.7 Å². The van der Waals surface area contributed by atoms with Crippen molar-refractivity contribution in [3.05, 3.63) is 88.5 Å². The van der Waals surface area contributed by atoms with Gasteiger partial charge in [0.1, 0.15) is 16.0 Å². The topological polar surface area (TPSA) is 54.8 Å². The Hall–Kier alpha value is -3.13. The number of fused-ring (bicyclic) bond motifs is 1. The summed E-state index contributed by atoms with van der Waals surface area (Å²) >= 11 is 3.57. The van der Waals surface area contributed by atoms with Crippen LogP contribution in [0.25, 0.3) is 0 Å². The van der Waals surface area contributed by atoms with Gasteiger partial charge in [0.2, 0.25) is 0 Å². The highest BCUT2D eigenvalue weighted by Crippen LogP contribution is 2.38. The van der Waals surface area contributed by atoms with Crippen molar-refractivity contribution in [3.8, 4) is 5.75 Å². The van der Waals surface area contributed by atoms with Crippen molar-refractivity contribution in [2.75, 3.05) is 26.7 Å². The minimum Gasteiger partial charge on any atom is -0.490 e. The minimum atomic E-state index is -0.319. The minimum absolute atomic E-state index is 0.155. The van der Waals surface area contributed by atoms with E-state index in [1.54, 1.807) is 30.2 Å². The average Bonchev–Trinajstić information content (AvgIpc) is 3.13. The van der Waals surface area contributed by atoms with Crippen LogP contribution in [0.15, 0.2) is 65.8 Å². The molecule has 1 atom stereocenters. The van der Waals surface area contributed by atoms with Crippen LogP contribution in [0.4, 0.5) is 4.39 Å². The molecule has 1 aliphatic carbocycles. The zero-order chi connectivity index (χ0) is 24.2. The third-order valence-corrected chi connectivity index (χ3v) is 6.82. The van der Waals surface area contributed by atoms with E-state index in [-0.39, 0.29) is 23.5 Å². The molecule has 0 spiro atoms. The summed E-state index contributed by atoms with van der Waals surface area (Å²) in [5, 5.41) is 0. The van der Waals surface area contributed by atoms with Crippen molar-refractivity contribution < 1.29 is 18.7 Å². The molecule has 1 aromatic heterocycles. The second-order valence-electron chi connectivity index (χ2n) is 8.44. The molecule has 2 heterocycles. The Morgan fingerprint density at radius 2 is 2.06 bits per heavy atom. The Labute approximate surface area is 207 Å². The molecule has 0 saturated carbocycles. The summed E-state index contributed by atoms with van der Waals surface area (Å²) in [7, 11) is 1.69. The number of hydrogen-bond donors (Lipinski definition) is 0. The van der Waals surface area contributed by atoms with Crippen LogP contribution < -0.4 is 4.74 Å². The van der Waals surface area contributed by atoms with E-state index in [1.165, 1.54) is 17.0 Å². The summed E-state index contributed by atoms with van der Waals surface area (Å²) in [6.07, 6.45) is 10.6. The van der Waals surface area contributed by atoms with Crippen molar-refractivity contribution in [1.82, 2.24) is 14.4 Å². The normalized spacial score (nSPS) is 17.0. The monoisotopic (exact) mass is 527 g/mol. The van der Waals surface area contributed by atoms with E-state index in [4.69, 9.17) is 4.74 Å². The van der Waals surface area contributed by atoms with Gasteiger partial charge in [-0.15, -0.1) is 6.58 Å². The van der Waals surface area contributed by atoms with Crippen molar-refractivity contribution in [1.29, 1.82) is 0 Å². The molecule has 0 N–H and O–H groups in total. The summed E-state index contributed by atoms with van der Waals surface area (Å²) in [5.41, 5.74) is 1.52. The van der Waals surface area contributed by atoms with Crippen LogP contribution in [0.1, 0.15) is 32.8 Å². The first-order valence-corrected chi connectivity index (χ1v) is 12.0. The largest absolute Gasteiger partial charge is 0.490 e.